The lowest BCUT2D eigenvalue weighted by molar-refractivity contribution is 0.474. The molecule has 3 nitrogen and oxygen atoms in total. The Hall–Kier alpha value is -3.37. The summed E-state index contributed by atoms with van der Waals surface area (Å²) in [6, 6.07) is 18.0. The molecular weight excluding hydrogens is 436 g/mol. The van der Waals surface area contributed by atoms with Crippen LogP contribution >= 0.6 is 11.3 Å². The molecule has 3 aromatic rings. The van der Waals surface area contributed by atoms with Crippen molar-refractivity contribution in [3.63, 3.8) is 0 Å². The third-order valence-electron chi connectivity index (χ3n) is 5.69. The van der Waals surface area contributed by atoms with Crippen LogP contribution in [0.15, 0.2) is 101 Å². The minimum absolute atomic E-state index is 0.249. The lowest BCUT2D eigenvalue weighted by atomic mass is 10.1. The van der Waals surface area contributed by atoms with Crippen LogP contribution in [-0.4, -0.2) is 17.4 Å². The number of nitrogens with zero attached hydrogens (tertiary/aromatic N) is 1. The Kier molecular flexibility index (Phi) is 9.06. The number of hydrogen-bond donors (Lipinski definition) is 2. The summed E-state index contributed by atoms with van der Waals surface area (Å²) >= 11 is 1.75. The number of nitrogens with one attached hydrogen (secondary N) is 1. The van der Waals surface area contributed by atoms with Crippen LogP contribution < -0.4 is 5.32 Å². The molecule has 0 bridgehead atoms. The van der Waals surface area contributed by atoms with E-state index in [0.717, 1.165) is 46.1 Å². The predicted octanol–water partition coefficient (Wildman–Crippen LogP) is 8.25. The van der Waals surface area contributed by atoms with Gasteiger partial charge in [-0.05, 0) is 63.3 Å². The number of fused-ring (bicyclic) bond motifs is 1. The van der Waals surface area contributed by atoms with Crippen molar-refractivity contribution in [1.82, 2.24) is 5.32 Å². The maximum atomic E-state index is 10.4. The molecule has 34 heavy (non-hydrogen) atoms. The van der Waals surface area contributed by atoms with Gasteiger partial charge in [0, 0.05) is 38.7 Å². The Labute approximate surface area is 207 Å². The molecule has 0 atom stereocenters. The second kappa shape index (κ2) is 12.2. The molecule has 176 valence electrons. The molecule has 1 aromatic heterocycles. The summed E-state index contributed by atoms with van der Waals surface area (Å²) in [4.78, 5) is 6.13. The van der Waals surface area contributed by atoms with E-state index in [0.29, 0.717) is 6.42 Å². The third-order valence-corrected chi connectivity index (χ3v) is 6.83. The number of rotatable bonds is 10. The molecule has 0 unspecified atom stereocenters. The number of aliphatic imine (C=N–C) groups is 1. The van der Waals surface area contributed by atoms with Crippen molar-refractivity contribution in [2.24, 2.45) is 4.99 Å². The van der Waals surface area contributed by atoms with Gasteiger partial charge >= 0.3 is 0 Å². The van der Waals surface area contributed by atoms with Crippen molar-refractivity contribution in [3.8, 4) is 5.75 Å². The Morgan fingerprint density at radius 3 is 2.53 bits per heavy atom. The molecule has 3 rings (SSSR count). The number of aromatic hydroxyl groups is 1. The highest BCUT2D eigenvalue weighted by molar-refractivity contribution is 7.20. The molecule has 1 heterocycles. The van der Waals surface area contributed by atoms with Gasteiger partial charge in [0.05, 0.1) is 5.71 Å². The fourth-order valence-corrected chi connectivity index (χ4v) is 5.13. The number of hydrogen-bond acceptors (Lipinski definition) is 4. The van der Waals surface area contributed by atoms with E-state index in [1.165, 1.54) is 15.7 Å². The first-order chi connectivity index (χ1) is 16.5. The van der Waals surface area contributed by atoms with Crippen LogP contribution in [0.5, 0.6) is 5.75 Å². The number of allylic oxidation sites excluding steroid dienone is 5. The van der Waals surface area contributed by atoms with Gasteiger partial charge in [0.2, 0.25) is 0 Å². The Bertz CT molecular complexity index is 1240. The van der Waals surface area contributed by atoms with Crippen LogP contribution in [-0.2, 0) is 0 Å². The first-order valence-corrected chi connectivity index (χ1v) is 12.6. The van der Waals surface area contributed by atoms with Gasteiger partial charge in [-0.25, -0.2) is 0 Å². The minimum atomic E-state index is 0.249. The van der Waals surface area contributed by atoms with Gasteiger partial charge in [-0.3, -0.25) is 4.99 Å². The fraction of sp³-hybridized carbons (Fsp3) is 0.233. The second-order valence-electron chi connectivity index (χ2n) is 8.06. The van der Waals surface area contributed by atoms with E-state index >= 15 is 0 Å². The third kappa shape index (κ3) is 6.15. The standard InChI is InChI=1S/C30H34N2OS/c1-6-13-23(7-2)18-19-31-21(4)30(29-20-24-14-9-12-17-28(24)34-29)22(5)32-26(8-3)25-15-10-11-16-27(25)33/h6-7,9-17,20,31,33H,4,8,18-19H2,1-3,5H3/b13-6-,23-7+,30-22+,32-26?. The van der Waals surface area contributed by atoms with E-state index in [-0.39, 0.29) is 5.75 Å². The van der Waals surface area contributed by atoms with Crippen LogP contribution in [0.3, 0.4) is 0 Å². The summed E-state index contributed by atoms with van der Waals surface area (Å²) in [6.07, 6.45) is 7.98. The predicted molar refractivity (Wildman–Crippen MR) is 150 cm³/mol. The number of phenolic OH excluding ortho intramolecular Hbond substituents is 1. The molecule has 0 saturated heterocycles. The number of phenols is 1. The summed E-state index contributed by atoms with van der Waals surface area (Å²) in [5.74, 6) is 0.249. The van der Waals surface area contributed by atoms with Crippen molar-refractivity contribution >= 4 is 32.7 Å². The molecular formula is C30H34N2OS. The molecule has 0 fully saturated rings. The molecule has 0 saturated carbocycles. The largest absolute Gasteiger partial charge is 0.507 e. The minimum Gasteiger partial charge on any atom is -0.507 e. The Morgan fingerprint density at radius 2 is 1.85 bits per heavy atom. The number of thiophene rings is 1. The fourth-order valence-electron chi connectivity index (χ4n) is 3.94. The Balaban J connectivity index is 2.02. The molecule has 0 spiro atoms. The van der Waals surface area contributed by atoms with E-state index in [4.69, 9.17) is 4.99 Å². The zero-order valence-corrected chi connectivity index (χ0v) is 21.4. The van der Waals surface area contributed by atoms with Gasteiger partial charge in [0.15, 0.2) is 0 Å². The maximum absolute atomic E-state index is 10.4. The number of para-hydroxylation sites is 1. The highest BCUT2D eigenvalue weighted by atomic mass is 32.1. The smallest absolute Gasteiger partial charge is 0.124 e. The average Bonchev–Trinajstić information content (AvgIpc) is 3.26. The molecule has 0 aliphatic rings. The second-order valence-corrected chi connectivity index (χ2v) is 9.14. The summed E-state index contributed by atoms with van der Waals surface area (Å²) in [7, 11) is 0. The van der Waals surface area contributed by atoms with Crippen LogP contribution in [0.4, 0.5) is 0 Å². The van der Waals surface area contributed by atoms with Gasteiger partial charge in [0.25, 0.3) is 0 Å². The highest BCUT2D eigenvalue weighted by Crippen LogP contribution is 2.35. The van der Waals surface area contributed by atoms with E-state index in [9.17, 15) is 5.11 Å². The Morgan fingerprint density at radius 1 is 1.12 bits per heavy atom. The molecule has 2 aromatic carbocycles. The van der Waals surface area contributed by atoms with Gasteiger partial charge in [-0.2, -0.15) is 0 Å². The average molecular weight is 471 g/mol. The molecule has 0 aliphatic heterocycles. The van der Waals surface area contributed by atoms with Crippen molar-refractivity contribution in [1.29, 1.82) is 0 Å². The zero-order valence-electron chi connectivity index (χ0n) is 20.6. The lowest BCUT2D eigenvalue weighted by Crippen LogP contribution is -2.16. The van der Waals surface area contributed by atoms with Crippen LogP contribution in [0.2, 0.25) is 0 Å². The quantitative estimate of drug-likeness (QED) is 0.231. The van der Waals surface area contributed by atoms with Crippen molar-refractivity contribution in [3.05, 3.63) is 107 Å². The summed E-state index contributed by atoms with van der Waals surface area (Å²) in [5.41, 5.74) is 5.66. The first-order valence-electron chi connectivity index (χ1n) is 11.7. The monoisotopic (exact) mass is 470 g/mol. The highest BCUT2D eigenvalue weighted by Gasteiger charge is 2.15. The van der Waals surface area contributed by atoms with Gasteiger partial charge in [-0.1, -0.05) is 67.6 Å². The van der Waals surface area contributed by atoms with Crippen molar-refractivity contribution in [2.45, 2.75) is 40.5 Å². The molecule has 4 heteroatoms. The SMILES string of the molecule is C=C(NCCC(/C=C\C)=C/C)/C(=C(/C)N=C(CC)c1ccccc1O)c1cc2ccccc2s1. The maximum Gasteiger partial charge on any atom is 0.124 e. The van der Waals surface area contributed by atoms with Crippen LogP contribution in [0, 0.1) is 0 Å². The number of benzene rings is 2. The van der Waals surface area contributed by atoms with Crippen LogP contribution in [0.1, 0.15) is 51.0 Å². The van der Waals surface area contributed by atoms with E-state index in [1.54, 1.807) is 17.4 Å². The summed E-state index contributed by atoms with van der Waals surface area (Å²) < 4.78 is 1.24. The zero-order chi connectivity index (χ0) is 24.5. The normalized spacial score (nSPS) is 13.4. The van der Waals surface area contributed by atoms with Gasteiger partial charge < -0.3 is 10.4 Å². The van der Waals surface area contributed by atoms with Crippen molar-refractivity contribution < 1.29 is 5.11 Å². The van der Waals surface area contributed by atoms with E-state index < -0.39 is 0 Å². The van der Waals surface area contributed by atoms with E-state index in [2.05, 4.69) is 74.3 Å². The molecule has 2 N–H and O–H groups in total. The molecule has 0 aliphatic carbocycles. The first kappa shape index (κ1) is 25.3. The van der Waals surface area contributed by atoms with Gasteiger partial charge in [0.1, 0.15) is 5.75 Å². The van der Waals surface area contributed by atoms with Gasteiger partial charge in [-0.15, -0.1) is 11.3 Å². The molecule has 0 radical (unpaired) electrons. The summed E-state index contributed by atoms with van der Waals surface area (Å²) in [5, 5.41) is 15.1. The topological polar surface area (TPSA) is 44.6 Å². The lowest BCUT2D eigenvalue weighted by Gasteiger charge is -2.15. The van der Waals surface area contributed by atoms with Crippen LogP contribution in [0.25, 0.3) is 15.7 Å². The van der Waals surface area contributed by atoms with Crippen molar-refractivity contribution in [2.75, 3.05) is 6.54 Å². The van der Waals surface area contributed by atoms with E-state index in [1.807, 2.05) is 32.0 Å². The summed E-state index contributed by atoms with van der Waals surface area (Å²) in [6.45, 7) is 13.4. The molecule has 0 amide bonds.